The number of pyridine rings is 1. The molecule has 3 atom stereocenters. The van der Waals surface area contributed by atoms with Crippen LogP contribution in [0.25, 0.3) is 0 Å². The van der Waals surface area contributed by atoms with Crippen molar-refractivity contribution in [3.05, 3.63) is 29.6 Å². The van der Waals surface area contributed by atoms with Crippen LogP contribution in [0, 0.1) is 0 Å². The molecule has 2 aliphatic rings. The number of nitrogens with zero attached hydrogens (tertiary/aromatic N) is 1. The van der Waals surface area contributed by atoms with Crippen LogP contribution in [0.4, 0.5) is 0 Å². The van der Waals surface area contributed by atoms with Crippen molar-refractivity contribution in [3.8, 4) is 0 Å². The largest absolute Gasteiger partial charge is 0.389 e. The second-order valence-electron chi connectivity index (χ2n) is 6.32. The van der Waals surface area contributed by atoms with Gasteiger partial charge in [-0.15, -0.1) is 0 Å². The molecule has 0 aromatic carbocycles. The van der Waals surface area contributed by atoms with Crippen LogP contribution in [-0.2, 0) is 11.2 Å². The summed E-state index contributed by atoms with van der Waals surface area (Å²) in [4.78, 5) is 4.53. The molecule has 19 heavy (non-hydrogen) atoms. The molecule has 1 N–H and O–H groups in total. The second kappa shape index (κ2) is 4.57. The minimum Gasteiger partial charge on any atom is -0.389 e. The minimum atomic E-state index is -0.650. The van der Waals surface area contributed by atoms with Gasteiger partial charge in [0.05, 0.1) is 17.8 Å². The van der Waals surface area contributed by atoms with E-state index in [0.717, 1.165) is 37.8 Å². The fraction of sp³-hybridized carbons (Fsp3) is 0.688. The fourth-order valence-corrected chi connectivity index (χ4v) is 3.72. The lowest BCUT2D eigenvalue weighted by atomic mass is 9.73. The predicted octanol–water partition coefficient (Wildman–Crippen LogP) is 2.82. The number of aliphatic hydroxyl groups is 1. The first-order valence-electron chi connectivity index (χ1n) is 7.36. The zero-order chi connectivity index (χ0) is 13.5. The quantitative estimate of drug-likeness (QED) is 0.890. The molecule has 0 radical (unpaired) electrons. The Morgan fingerprint density at radius 2 is 2.37 bits per heavy atom. The van der Waals surface area contributed by atoms with Gasteiger partial charge < -0.3 is 9.84 Å². The molecule has 3 heteroatoms. The normalized spacial score (nSPS) is 38.2. The Bertz CT molecular complexity index is 476. The van der Waals surface area contributed by atoms with Gasteiger partial charge in [-0.1, -0.05) is 13.0 Å². The Balaban J connectivity index is 1.90. The van der Waals surface area contributed by atoms with Crippen molar-refractivity contribution in [3.63, 3.8) is 0 Å². The topological polar surface area (TPSA) is 42.4 Å². The lowest BCUT2D eigenvalue weighted by Gasteiger charge is -2.46. The van der Waals surface area contributed by atoms with Crippen LogP contribution in [0.15, 0.2) is 18.3 Å². The van der Waals surface area contributed by atoms with Gasteiger partial charge in [-0.3, -0.25) is 4.98 Å². The van der Waals surface area contributed by atoms with E-state index in [-0.39, 0.29) is 11.5 Å². The third kappa shape index (κ3) is 2.19. The standard InChI is InChI=1S/C16H23NO2/c1-3-15(2)11-16(18,8-10-19-15)13-7-6-12-5-4-9-17-14(12)13/h4-5,9,13,18H,3,6-8,10-11H2,1-2H3. The number of aryl methyl sites for hydroxylation is 1. The van der Waals surface area contributed by atoms with Crippen molar-refractivity contribution in [1.29, 1.82) is 0 Å². The van der Waals surface area contributed by atoms with Crippen molar-refractivity contribution in [2.45, 2.75) is 63.1 Å². The summed E-state index contributed by atoms with van der Waals surface area (Å²) in [5.41, 5.74) is 1.59. The number of hydrogen-bond donors (Lipinski definition) is 1. The third-order valence-corrected chi connectivity index (χ3v) is 5.02. The molecule has 3 unspecified atom stereocenters. The Morgan fingerprint density at radius 1 is 1.53 bits per heavy atom. The first-order chi connectivity index (χ1) is 9.06. The van der Waals surface area contributed by atoms with E-state index in [2.05, 4.69) is 24.9 Å². The number of aromatic nitrogens is 1. The molecule has 1 aliphatic carbocycles. The summed E-state index contributed by atoms with van der Waals surface area (Å²) in [6, 6.07) is 4.13. The van der Waals surface area contributed by atoms with Crippen LogP contribution < -0.4 is 0 Å². The molecule has 104 valence electrons. The Labute approximate surface area is 115 Å². The van der Waals surface area contributed by atoms with Crippen molar-refractivity contribution in [2.24, 2.45) is 0 Å². The summed E-state index contributed by atoms with van der Waals surface area (Å²) in [5, 5.41) is 11.2. The summed E-state index contributed by atoms with van der Waals surface area (Å²) >= 11 is 0. The molecule has 1 aromatic rings. The maximum Gasteiger partial charge on any atom is 0.0780 e. The first-order valence-corrected chi connectivity index (χ1v) is 7.36. The number of hydrogen-bond acceptors (Lipinski definition) is 3. The minimum absolute atomic E-state index is 0.179. The fourth-order valence-electron chi connectivity index (χ4n) is 3.72. The Hall–Kier alpha value is -0.930. The van der Waals surface area contributed by atoms with Gasteiger partial charge in [0, 0.05) is 30.7 Å². The maximum absolute atomic E-state index is 11.2. The molecular weight excluding hydrogens is 238 g/mol. The number of fused-ring (bicyclic) bond motifs is 1. The molecule has 0 bridgehead atoms. The average Bonchev–Trinajstić information content (AvgIpc) is 2.83. The van der Waals surface area contributed by atoms with E-state index in [4.69, 9.17) is 4.74 Å². The summed E-state index contributed by atoms with van der Waals surface area (Å²) in [6.45, 7) is 4.90. The van der Waals surface area contributed by atoms with Crippen LogP contribution in [0.3, 0.4) is 0 Å². The molecule has 0 saturated carbocycles. The van der Waals surface area contributed by atoms with Crippen molar-refractivity contribution in [1.82, 2.24) is 4.98 Å². The van der Waals surface area contributed by atoms with Gasteiger partial charge in [-0.25, -0.2) is 0 Å². The van der Waals surface area contributed by atoms with E-state index < -0.39 is 5.60 Å². The maximum atomic E-state index is 11.2. The van der Waals surface area contributed by atoms with Gasteiger partial charge in [0.25, 0.3) is 0 Å². The highest BCUT2D eigenvalue weighted by molar-refractivity contribution is 5.31. The first kappa shape index (κ1) is 13.1. The molecule has 3 rings (SSSR count). The van der Waals surface area contributed by atoms with Gasteiger partial charge in [0.15, 0.2) is 0 Å². The SMILES string of the molecule is CCC1(C)CC(O)(C2CCc3cccnc32)CCO1. The molecule has 1 saturated heterocycles. The second-order valence-corrected chi connectivity index (χ2v) is 6.32. The molecule has 1 fully saturated rings. The van der Waals surface area contributed by atoms with Crippen molar-refractivity contribution < 1.29 is 9.84 Å². The molecule has 1 aliphatic heterocycles. The van der Waals surface area contributed by atoms with E-state index in [1.54, 1.807) is 0 Å². The highest BCUT2D eigenvalue weighted by atomic mass is 16.5. The third-order valence-electron chi connectivity index (χ3n) is 5.02. The number of rotatable bonds is 2. The highest BCUT2D eigenvalue weighted by Crippen LogP contribution is 2.47. The van der Waals surface area contributed by atoms with Gasteiger partial charge >= 0.3 is 0 Å². The molecule has 0 spiro atoms. The Kier molecular flexibility index (Phi) is 3.14. The molecular formula is C16H23NO2. The molecule has 0 amide bonds. The van der Waals surface area contributed by atoms with E-state index in [0.29, 0.717) is 6.61 Å². The smallest absolute Gasteiger partial charge is 0.0780 e. The summed E-state index contributed by atoms with van der Waals surface area (Å²) in [7, 11) is 0. The van der Waals surface area contributed by atoms with Crippen LogP contribution in [0.5, 0.6) is 0 Å². The van der Waals surface area contributed by atoms with Gasteiger partial charge in [0.2, 0.25) is 0 Å². The van der Waals surface area contributed by atoms with Gasteiger partial charge in [0.1, 0.15) is 0 Å². The van der Waals surface area contributed by atoms with Gasteiger partial charge in [-0.05, 0) is 37.8 Å². The summed E-state index contributed by atoms with van der Waals surface area (Å²) in [6.07, 6.45) is 6.29. The van der Waals surface area contributed by atoms with E-state index in [9.17, 15) is 5.11 Å². The summed E-state index contributed by atoms with van der Waals surface area (Å²) in [5.74, 6) is 0.179. The zero-order valence-corrected chi connectivity index (χ0v) is 11.9. The molecule has 1 aromatic heterocycles. The highest BCUT2D eigenvalue weighted by Gasteiger charge is 2.48. The molecule has 3 nitrogen and oxygen atoms in total. The van der Waals surface area contributed by atoms with E-state index in [1.165, 1.54) is 5.56 Å². The van der Waals surface area contributed by atoms with Crippen LogP contribution in [0.1, 0.15) is 56.7 Å². The van der Waals surface area contributed by atoms with E-state index in [1.807, 2.05) is 12.3 Å². The van der Waals surface area contributed by atoms with Crippen molar-refractivity contribution >= 4 is 0 Å². The Morgan fingerprint density at radius 3 is 3.16 bits per heavy atom. The lowest BCUT2D eigenvalue weighted by Crippen LogP contribution is -2.50. The zero-order valence-electron chi connectivity index (χ0n) is 11.9. The van der Waals surface area contributed by atoms with Crippen LogP contribution >= 0.6 is 0 Å². The molecule has 2 heterocycles. The van der Waals surface area contributed by atoms with Crippen LogP contribution in [0.2, 0.25) is 0 Å². The number of ether oxygens (including phenoxy) is 1. The lowest BCUT2D eigenvalue weighted by molar-refractivity contribution is -0.162. The predicted molar refractivity (Wildman–Crippen MR) is 74.1 cm³/mol. The monoisotopic (exact) mass is 261 g/mol. The summed E-state index contributed by atoms with van der Waals surface area (Å²) < 4.78 is 5.88. The van der Waals surface area contributed by atoms with E-state index >= 15 is 0 Å². The van der Waals surface area contributed by atoms with Gasteiger partial charge in [-0.2, -0.15) is 0 Å². The average molecular weight is 261 g/mol. The van der Waals surface area contributed by atoms with Crippen molar-refractivity contribution in [2.75, 3.05) is 6.61 Å². The van der Waals surface area contributed by atoms with Crippen LogP contribution in [-0.4, -0.2) is 27.9 Å².